The van der Waals surface area contributed by atoms with Crippen molar-refractivity contribution >= 4 is 19.3 Å². The van der Waals surface area contributed by atoms with Gasteiger partial charge in [-0.3, -0.25) is 0 Å². The van der Waals surface area contributed by atoms with Crippen molar-refractivity contribution in [3.8, 4) is 0 Å². The quantitative estimate of drug-likeness (QED) is 0.591. The molecular weight excluding hydrogens is 324 g/mol. The van der Waals surface area contributed by atoms with Crippen LogP contribution in [-0.4, -0.2) is 0 Å². The first-order chi connectivity index (χ1) is 2.00. The minimum atomic E-state index is 1.75. The van der Waals surface area contributed by atoms with Gasteiger partial charge in [-0.25, -0.2) is 0 Å². The summed E-state index contributed by atoms with van der Waals surface area (Å²) < 4.78 is 0. The number of hydrogen-bond donors (Lipinski definition) is 0. The van der Waals surface area contributed by atoms with Crippen LogP contribution >= 0.6 is 19.3 Å². The summed E-state index contributed by atoms with van der Waals surface area (Å²) in [7, 11) is 8.97. The SMILES string of the molecule is [Cl][Au].[Cl][Fe]. The van der Waals surface area contributed by atoms with Crippen LogP contribution in [-0.2, 0) is 35.1 Å². The van der Waals surface area contributed by atoms with Gasteiger partial charge < -0.3 is 0 Å². The van der Waals surface area contributed by atoms with Gasteiger partial charge in [0.15, 0.2) is 0 Å². The average molecular weight is 324 g/mol. The molecule has 0 aromatic rings. The molecule has 0 N–H and O–H groups in total. The first kappa shape index (κ1) is 9.28. The first-order valence-electron chi connectivity index (χ1n) is 0.248. The van der Waals surface area contributed by atoms with Crippen molar-refractivity contribution in [2.45, 2.75) is 0 Å². The number of hydrogen-bond acceptors (Lipinski definition) is 0. The van der Waals surface area contributed by atoms with E-state index in [9.17, 15) is 0 Å². The monoisotopic (exact) mass is 323 g/mol. The van der Waals surface area contributed by atoms with Gasteiger partial charge in [0.25, 0.3) is 0 Å². The van der Waals surface area contributed by atoms with E-state index in [1.54, 1.807) is 20.0 Å². The van der Waals surface area contributed by atoms with Crippen LogP contribution in [0.4, 0.5) is 0 Å². The van der Waals surface area contributed by atoms with Gasteiger partial charge >= 0.3 is 54.4 Å². The average Bonchev–Trinajstić information content (AvgIpc) is 1.50. The fourth-order valence-corrected chi connectivity index (χ4v) is 0. The maximum atomic E-state index is 4.58. The number of halogens is 2. The predicted molar refractivity (Wildman–Crippen MR) is 11.7 cm³/mol. The molecule has 0 aromatic carbocycles. The molecule has 0 saturated carbocycles. The zero-order valence-corrected chi connectivity index (χ0v) is 6.19. The van der Waals surface area contributed by atoms with E-state index < -0.39 is 0 Å². The Morgan fingerprint density at radius 3 is 1.25 bits per heavy atom. The Morgan fingerprint density at radius 1 is 1.25 bits per heavy atom. The molecule has 4 heteroatoms. The summed E-state index contributed by atoms with van der Waals surface area (Å²) in [5.74, 6) is 0. The molecule has 0 aliphatic heterocycles. The van der Waals surface area contributed by atoms with Gasteiger partial charge in [0, 0.05) is 0 Å². The summed E-state index contributed by atoms with van der Waals surface area (Å²) in [5.41, 5.74) is 0. The molecule has 0 aromatic heterocycles. The van der Waals surface area contributed by atoms with E-state index in [0.29, 0.717) is 0 Å². The molecule has 4 heavy (non-hydrogen) atoms. The zero-order chi connectivity index (χ0) is 4.00. The second-order valence-corrected chi connectivity index (χ2v) is 0. The summed E-state index contributed by atoms with van der Waals surface area (Å²) in [6.07, 6.45) is 0. The van der Waals surface area contributed by atoms with E-state index in [1.165, 1.54) is 0 Å². The summed E-state index contributed by atoms with van der Waals surface area (Å²) in [6.45, 7) is 0. The van der Waals surface area contributed by atoms with Crippen LogP contribution in [0, 0.1) is 0 Å². The van der Waals surface area contributed by atoms with E-state index in [0.717, 1.165) is 0 Å². The summed E-state index contributed by atoms with van der Waals surface area (Å²) >= 11 is 4.47. The fourth-order valence-electron chi connectivity index (χ4n) is 0. The van der Waals surface area contributed by atoms with E-state index in [-0.39, 0.29) is 0 Å². The third kappa shape index (κ3) is 9.15. The Kier molecular flexibility index (Phi) is 48.9. The molecule has 0 bridgehead atoms. The molecule has 0 fully saturated rings. The van der Waals surface area contributed by atoms with Crippen molar-refractivity contribution < 1.29 is 35.1 Å². The Morgan fingerprint density at radius 2 is 1.25 bits per heavy atom. The van der Waals surface area contributed by atoms with Crippen LogP contribution in [0.5, 0.6) is 0 Å². The molecule has 33 valence electrons. The first-order valence-corrected chi connectivity index (χ1v) is 4.45. The van der Waals surface area contributed by atoms with E-state index in [2.05, 4.69) is 34.4 Å². The third-order valence-corrected chi connectivity index (χ3v) is 0. The van der Waals surface area contributed by atoms with Gasteiger partial charge in [0.05, 0.1) is 0 Å². The molecule has 0 radical (unpaired) electrons. The van der Waals surface area contributed by atoms with Crippen LogP contribution in [0.25, 0.3) is 0 Å². The second kappa shape index (κ2) is 21.1. The Bertz CT molecular complexity index is 6.00. The van der Waals surface area contributed by atoms with Crippen molar-refractivity contribution in [3.63, 3.8) is 0 Å². The van der Waals surface area contributed by atoms with Crippen molar-refractivity contribution in [2.75, 3.05) is 0 Å². The van der Waals surface area contributed by atoms with Gasteiger partial charge in [0.1, 0.15) is 0 Å². The van der Waals surface area contributed by atoms with Crippen molar-refractivity contribution in [1.82, 2.24) is 0 Å². The molecule has 0 nitrogen and oxygen atoms in total. The van der Waals surface area contributed by atoms with Crippen molar-refractivity contribution in [1.29, 1.82) is 0 Å². The van der Waals surface area contributed by atoms with Crippen molar-refractivity contribution in [2.24, 2.45) is 0 Å². The third-order valence-electron chi connectivity index (χ3n) is 0. The van der Waals surface area contributed by atoms with Crippen LogP contribution in [0.3, 0.4) is 0 Å². The molecule has 0 heterocycles. The van der Waals surface area contributed by atoms with Gasteiger partial charge in [-0.1, -0.05) is 0 Å². The molecule has 0 aliphatic carbocycles. The summed E-state index contributed by atoms with van der Waals surface area (Å²) in [4.78, 5) is 0. The molecule has 0 amide bonds. The molecule has 0 saturated heterocycles. The van der Waals surface area contributed by atoms with Crippen LogP contribution in [0.15, 0.2) is 0 Å². The van der Waals surface area contributed by atoms with E-state index in [4.69, 9.17) is 0 Å². The van der Waals surface area contributed by atoms with Crippen LogP contribution in [0.1, 0.15) is 0 Å². The van der Waals surface area contributed by atoms with Crippen molar-refractivity contribution in [3.05, 3.63) is 0 Å². The van der Waals surface area contributed by atoms with Crippen LogP contribution in [0.2, 0.25) is 0 Å². The summed E-state index contributed by atoms with van der Waals surface area (Å²) in [6, 6.07) is 0. The van der Waals surface area contributed by atoms with Gasteiger partial charge in [0.2, 0.25) is 0 Å². The minimum absolute atomic E-state index is 1.75. The second-order valence-electron chi connectivity index (χ2n) is 0. The van der Waals surface area contributed by atoms with Gasteiger partial charge in [-0.05, 0) is 0 Å². The topological polar surface area (TPSA) is 0 Å². The molecule has 0 spiro atoms. The van der Waals surface area contributed by atoms with Gasteiger partial charge in [-0.2, -0.15) is 0 Å². The Labute approximate surface area is 54.0 Å². The van der Waals surface area contributed by atoms with E-state index in [1.807, 2.05) is 0 Å². The molecule has 0 atom stereocenters. The molecular formula is AuCl2Fe. The maximum absolute atomic E-state index is 4.58. The molecule has 0 aliphatic rings. The number of rotatable bonds is 0. The summed E-state index contributed by atoms with van der Waals surface area (Å²) in [5, 5.41) is 0. The predicted octanol–water partition coefficient (Wildman–Crippen LogP) is 1.37. The normalized spacial score (nSPS) is 3.25. The standard InChI is InChI=1S/Au.2ClH.Fe/h;2*1H;/q+1;;;+1/p-2. The zero-order valence-electron chi connectivity index (χ0n) is 1.41. The van der Waals surface area contributed by atoms with Gasteiger partial charge in [-0.15, -0.1) is 0 Å². The molecule has 0 unspecified atom stereocenters. The fraction of sp³-hybridized carbons (Fsp3) is 0. The van der Waals surface area contributed by atoms with E-state index >= 15 is 0 Å². The molecule has 0 rings (SSSR count). The Balaban J connectivity index is 0. The van der Waals surface area contributed by atoms with Crippen LogP contribution < -0.4 is 0 Å². The Hall–Kier alpha value is 1.84.